The number of rotatable bonds is 4. The molecular weight excluding hydrogens is 184 g/mol. The maximum Gasteiger partial charge on any atom is 0.273 e. The lowest BCUT2D eigenvalue weighted by atomic mass is 11.0. The van der Waals surface area contributed by atoms with Gasteiger partial charge in [0.2, 0.25) is 0 Å². The first-order valence-corrected chi connectivity index (χ1v) is 7.60. The van der Waals surface area contributed by atoms with E-state index in [0.717, 1.165) is 17.8 Å². The van der Waals surface area contributed by atoms with Crippen LogP contribution in [0.15, 0.2) is 0 Å². The van der Waals surface area contributed by atoms with Gasteiger partial charge >= 0.3 is 0 Å². The molecule has 0 saturated carbocycles. The van der Waals surface area contributed by atoms with Crippen molar-refractivity contribution in [3.63, 3.8) is 0 Å². The molecule has 5 heteroatoms. The fraction of sp³-hybridized carbons (Fsp3) is 1.00. The van der Waals surface area contributed by atoms with Gasteiger partial charge in [-0.2, -0.15) is 8.42 Å². The maximum absolute atomic E-state index is 10.8. The monoisotopic (exact) mass is 200 g/mol. The molecular formula is C6H16O3S2. The van der Waals surface area contributed by atoms with Crippen LogP contribution in [0.1, 0.15) is 13.8 Å². The van der Waals surface area contributed by atoms with Gasteiger partial charge in [-0.25, -0.2) is 3.63 Å². The van der Waals surface area contributed by atoms with Gasteiger partial charge in [0.1, 0.15) is 0 Å². The van der Waals surface area contributed by atoms with Crippen molar-refractivity contribution >= 4 is 20.4 Å². The lowest BCUT2D eigenvalue weighted by molar-refractivity contribution is 0.518. The average Bonchev–Trinajstić information content (AvgIpc) is 1.84. The van der Waals surface area contributed by atoms with Gasteiger partial charge in [0, 0.05) is 0 Å². The lowest BCUT2D eigenvalue weighted by Gasteiger charge is -2.30. The van der Waals surface area contributed by atoms with Crippen LogP contribution in [0.25, 0.3) is 0 Å². The van der Waals surface area contributed by atoms with Gasteiger partial charge in [0.05, 0.1) is 6.26 Å². The molecule has 0 saturated heterocycles. The summed E-state index contributed by atoms with van der Waals surface area (Å²) < 4.78 is 26.5. The van der Waals surface area contributed by atoms with Gasteiger partial charge in [-0.15, -0.1) is 10.3 Å². The molecule has 11 heavy (non-hydrogen) atoms. The Morgan fingerprint density at radius 3 is 1.55 bits per heavy atom. The van der Waals surface area contributed by atoms with Crippen molar-refractivity contribution in [2.75, 3.05) is 24.0 Å². The molecule has 0 aromatic rings. The zero-order valence-corrected chi connectivity index (χ0v) is 9.09. The number of hydrogen-bond donors (Lipinski definition) is 0. The van der Waals surface area contributed by atoms with Crippen molar-refractivity contribution < 1.29 is 12.0 Å². The van der Waals surface area contributed by atoms with E-state index in [1.165, 1.54) is 0 Å². The fourth-order valence-electron chi connectivity index (χ4n) is 0.599. The van der Waals surface area contributed by atoms with Crippen LogP contribution in [-0.2, 0) is 13.7 Å². The van der Waals surface area contributed by atoms with Crippen molar-refractivity contribution in [1.29, 1.82) is 0 Å². The highest BCUT2D eigenvalue weighted by molar-refractivity contribution is 8.32. The molecule has 0 aromatic carbocycles. The van der Waals surface area contributed by atoms with Gasteiger partial charge in [0.25, 0.3) is 10.1 Å². The third-order valence-electron chi connectivity index (χ3n) is 1.51. The molecule has 0 aliphatic carbocycles. The smallest absolute Gasteiger partial charge is 0.220 e. The molecule has 0 aliphatic rings. The molecule has 0 bridgehead atoms. The highest BCUT2D eigenvalue weighted by Gasteiger charge is 2.19. The topological polar surface area (TPSA) is 43.4 Å². The van der Waals surface area contributed by atoms with Gasteiger partial charge in [-0.1, -0.05) is 13.8 Å². The summed E-state index contributed by atoms with van der Waals surface area (Å²) in [6, 6.07) is 0. The summed E-state index contributed by atoms with van der Waals surface area (Å²) in [6.07, 6.45) is 2.98. The Kier molecular flexibility index (Phi) is 3.87. The predicted octanol–water partition coefficient (Wildman–Crippen LogP) is 1.35. The number of hydrogen-bond acceptors (Lipinski definition) is 3. The third kappa shape index (κ3) is 4.66. The van der Waals surface area contributed by atoms with Crippen LogP contribution >= 0.6 is 10.3 Å². The normalized spacial score (nSPS) is 14.9. The molecule has 0 spiro atoms. The van der Waals surface area contributed by atoms with Crippen LogP contribution in [-0.4, -0.2) is 32.4 Å². The van der Waals surface area contributed by atoms with Gasteiger partial charge in [0.15, 0.2) is 0 Å². The minimum atomic E-state index is -3.27. The summed E-state index contributed by atoms with van der Waals surface area (Å²) in [7, 11) is -4.63. The van der Waals surface area contributed by atoms with E-state index in [2.05, 4.69) is 0 Å². The van der Waals surface area contributed by atoms with Gasteiger partial charge in [-0.3, -0.25) is 0 Å². The third-order valence-corrected chi connectivity index (χ3v) is 6.25. The minimum absolute atomic E-state index is 0.788. The average molecular weight is 200 g/mol. The summed E-state index contributed by atoms with van der Waals surface area (Å²) in [6.45, 7) is 3.90. The van der Waals surface area contributed by atoms with Crippen LogP contribution in [0.2, 0.25) is 0 Å². The minimum Gasteiger partial charge on any atom is -0.220 e. The molecule has 70 valence electrons. The molecule has 0 radical (unpaired) electrons. The quantitative estimate of drug-likeness (QED) is 0.688. The molecule has 0 fully saturated rings. The van der Waals surface area contributed by atoms with Gasteiger partial charge in [-0.05, 0) is 17.8 Å². The Bertz CT molecular complexity index is 204. The molecule has 0 atom stereocenters. The van der Waals surface area contributed by atoms with Crippen molar-refractivity contribution in [3.05, 3.63) is 0 Å². The molecule has 0 aromatic heterocycles. The zero-order chi connectivity index (χ0) is 9.12. The van der Waals surface area contributed by atoms with E-state index in [-0.39, 0.29) is 0 Å². The highest BCUT2D eigenvalue weighted by atomic mass is 32.3. The molecule has 0 heterocycles. The second-order valence-corrected chi connectivity index (χ2v) is 8.01. The Morgan fingerprint density at radius 2 is 1.45 bits per heavy atom. The second kappa shape index (κ2) is 3.78. The molecule has 0 amide bonds. The molecule has 0 unspecified atom stereocenters. The van der Waals surface area contributed by atoms with Crippen molar-refractivity contribution in [2.45, 2.75) is 13.8 Å². The summed E-state index contributed by atoms with van der Waals surface area (Å²) in [5, 5.41) is 0. The summed E-state index contributed by atoms with van der Waals surface area (Å²) >= 11 is 0. The Balaban J connectivity index is 4.32. The van der Waals surface area contributed by atoms with Crippen LogP contribution in [0.4, 0.5) is 0 Å². The zero-order valence-electron chi connectivity index (χ0n) is 7.46. The SMILES string of the molecule is CCS(C)(CC)OS(C)(=O)=O. The largest absolute Gasteiger partial charge is 0.273 e. The first kappa shape index (κ1) is 11.3. The summed E-state index contributed by atoms with van der Waals surface area (Å²) in [5.41, 5.74) is 0. The Hall–Kier alpha value is 0.260. The van der Waals surface area contributed by atoms with Crippen LogP contribution < -0.4 is 0 Å². The van der Waals surface area contributed by atoms with Gasteiger partial charge < -0.3 is 0 Å². The van der Waals surface area contributed by atoms with E-state index in [0.29, 0.717) is 0 Å². The van der Waals surface area contributed by atoms with E-state index in [1.54, 1.807) is 0 Å². The maximum atomic E-state index is 10.8. The van der Waals surface area contributed by atoms with Crippen LogP contribution in [0.5, 0.6) is 0 Å². The first-order chi connectivity index (χ1) is 4.83. The van der Waals surface area contributed by atoms with E-state index >= 15 is 0 Å². The molecule has 0 N–H and O–H groups in total. The Labute approximate surface area is 70.8 Å². The lowest BCUT2D eigenvalue weighted by Crippen LogP contribution is -2.13. The Morgan fingerprint density at radius 1 is 1.09 bits per heavy atom. The van der Waals surface area contributed by atoms with Crippen LogP contribution in [0.3, 0.4) is 0 Å². The van der Waals surface area contributed by atoms with Crippen molar-refractivity contribution in [3.8, 4) is 0 Å². The van der Waals surface area contributed by atoms with Crippen LogP contribution in [0, 0.1) is 0 Å². The molecule has 3 nitrogen and oxygen atoms in total. The summed E-state index contributed by atoms with van der Waals surface area (Å²) in [5.74, 6) is 1.58. The summed E-state index contributed by atoms with van der Waals surface area (Å²) in [4.78, 5) is 0. The highest BCUT2D eigenvalue weighted by Crippen LogP contribution is 2.45. The van der Waals surface area contributed by atoms with E-state index in [4.69, 9.17) is 3.63 Å². The molecule has 0 aliphatic heterocycles. The van der Waals surface area contributed by atoms with Crippen molar-refractivity contribution in [1.82, 2.24) is 0 Å². The van der Waals surface area contributed by atoms with E-state index in [9.17, 15) is 8.42 Å². The standard InChI is InChI=1S/C6H16O3S2/c1-5-10(3,6-2)9-11(4,7)8/h5-6H2,1-4H3. The fourth-order valence-corrected chi connectivity index (χ4v) is 4.16. The van der Waals surface area contributed by atoms with Crippen molar-refractivity contribution in [2.24, 2.45) is 0 Å². The first-order valence-electron chi connectivity index (χ1n) is 3.47. The van der Waals surface area contributed by atoms with E-state index < -0.39 is 20.4 Å². The van der Waals surface area contributed by atoms with E-state index in [1.807, 2.05) is 20.1 Å². The second-order valence-electron chi connectivity index (χ2n) is 2.53. The predicted molar refractivity (Wildman–Crippen MR) is 50.5 cm³/mol. The molecule has 0 rings (SSSR count).